The van der Waals surface area contributed by atoms with Gasteiger partial charge in [-0.15, -0.1) is 0 Å². The van der Waals surface area contributed by atoms with Gasteiger partial charge in [-0.3, -0.25) is 33.6 Å². The van der Waals surface area contributed by atoms with Gasteiger partial charge in [-0.1, -0.05) is 0 Å². The lowest BCUT2D eigenvalue weighted by Gasteiger charge is -2.45. The average Bonchev–Trinajstić information content (AvgIpc) is 3.37. The minimum Gasteiger partial charge on any atom is -0.463 e. The number of aliphatic hydroxyl groups is 7. The number of hydrogen-bond acceptors (Lipinski definition) is 24. The van der Waals surface area contributed by atoms with Crippen LogP contribution in [0.25, 0.3) is 0 Å². The van der Waals surface area contributed by atoms with Crippen LogP contribution in [0.5, 0.6) is 0 Å². The first-order valence-corrected chi connectivity index (χ1v) is 20.6. The van der Waals surface area contributed by atoms with E-state index in [1.807, 2.05) is 0 Å². The molecule has 2 rings (SSSR count). The summed E-state index contributed by atoms with van der Waals surface area (Å²) in [4.78, 5) is 91.7. The van der Waals surface area contributed by atoms with Crippen molar-refractivity contribution in [1.29, 1.82) is 0 Å². The van der Waals surface area contributed by atoms with Gasteiger partial charge in [0.1, 0.15) is 24.9 Å². The van der Waals surface area contributed by atoms with Gasteiger partial charge in [0, 0.05) is 0 Å². The molecule has 0 aromatic heterocycles. The number of carbonyl (C=O) groups excluding carboxylic acids is 7. The van der Waals surface area contributed by atoms with Crippen molar-refractivity contribution in [2.24, 2.45) is 0 Å². The molecule has 0 aromatic carbocycles. The quantitative estimate of drug-likeness (QED) is 0.0374. The lowest BCUT2D eigenvalue weighted by molar-refractivity contribution is -0.315. The number of esters is 7. The van der Waals surface area contributed by atoms with E-state index in [1.54, 1.807) is 0 Å². The third-order valence-electron chi connectivity index (χ3n) is 8.76. The van der Waals surface area contributed by atoms with Gasteiger partial charge in [-0.2, -0.15) is 0 Å². The molecule has 64 heavy (non-hydrogen) atoms. The van der Waals surface area contributed by atoms with Gasteiger partial charge in [0.25, 0.3) is 5.79 Å². The maximum absolute atomic E-state index is 13.4. The highest BCUT2D eigenvalue weighted by molar-refractivity contribution is 5.74. The van der Waals surface area contributed by atoms with Crippen LogP contribution >= 0.6 is 0 Å². The van der Waals surface area contributed by atoms with Crippen molar-refractivity contribution in [1.82, 2.24) is 0 Å². The highest BCUT2D eigenvalue weighted by atomic mass is 16.8. The van der Waals surface area contributed by atoms with E-state index in [9.17, 15) is 69.3 Å². The fourth-order valence-corrected chi connectivity index (χ4v) is 6.24. The van der Waals surface area contributed by atoms with Crippen molar-refractivity contribution in [3.8, 4) is 0 Å². The van der Waals surface area contributed by atoms with Crippen molar-refractivity contribution in [2.45, 2.75) is 191 Å². The summed E-state index contributed by atoms with van der Waals surface area (Å²) in [5.41, 5.74) is 0. The number of rotatable bonds is 25. The molecular formula is C40H63O24. The second-order valence-electron chi connectivity index (χ2n) is 16.1. The Bertz CT molecular complexity index is 1540. The summed E-state index contributed by atoms with van der Waals surface area (Å²) < 4.78 is 57.3. The van der Waals surface area contributed by atoms with E-state index in [4.69, 9.17) is 47.4 Å². The minimum atomic E-state index is -2.79. The Morgan fingerprint density at radius 3 is 1.33 bits per heavy atom. The SMILES string of the molecule is [CH2][C@H]1O[C@@H](O[C@@H]2[C@@H](COC(=O)CC(C)O)O[C@@](COC(=O)CC(C)O)(OC(=O)CC(C)O)[C@H]2OC(=O)CC(C)O)[C@H](OC(=O)CC(C)O)[C@@H](OC(=O)CC(C)O)[C@H]1OC(=O)CC(C)O. The van der Waals surface area contributed by atoms with E-state index in [2.05, 4.69) is 6.92 Å². The standard InChI is InChI=1S/C40H63O24/c1-18(41)9-27(48)55-16-26-35(38(61-32(53)14-23(6)46)40(63-26,64-33(54)15-24(7)47)17-56-28(49)10-19(2)42)62-39-37(60-31(52)13-22(5)45)36(59-30(51)12-21(4)44)34(25(8)57-39)58-29(50)11-20(3)43/h18-26,34-39,41-47H,8-17H2,1-7H3/t18?,19?,20?,21?,22?,23?,24?,25-,26-,34+,35-,36+,37-,38+,39+,40+/m1/s1. The van der Waals surface area contributed by atoms with Gasteiger partial charge in [0.15, 0.2) is 37.3 Å². The normalized spacial score (nSPS) is 28.8. The molecule has 2 fully saturated rings. The number of aliphatic hydroxyl groups excluding tert-OH is 7. The summed E-state index contributed by atoms with van der Waals surface area (Å²) in [5, 5.41) is 69.6. The average molecular weight is 928 g/mol. The third-order valence-corrected chi connectivity index (χ3v) is 8.76. The molecule has 0 aromatic rings. The first kappa shape index (κ1) is 56.0. The molecule has 0 spiro atoms. The molecule has 24 nitrogen and oxygen atoms in total. The van der Waals surface area contributed by atoms with Crippen LogP contribution in [0.3, 0.4) is 0 Å². The first-order chi connectivity index (χ1) is 29.7. The molecular weight excluding hydrogens is 864 g/mol. The summed E-state index contributed by atoms with van der Waals surface area (Å²) in [6.07, 6.45) is -28.9. The molecule has 7 unspecified atom stereocenters. The van der Waals surface area contributed by atoms with Crippen LogP contribution in [-0.2, 0) is 80.9 Å². The molecule has 0 amide bonds. The molecule has 24 heteroatoms. The van der Waals surface area contributed by atoms with Gasteiger partial charge in [-0.05, 0) is 55.4 Å². The fourth-order valence-electron chi connectivity index (χ4n) is 6.24. The molecule has 2 aliphatic heterocycles. The summed E-state index contributed by atoms with van der Waals surface area (Å²) in [6, 6.07) is 0. The van der Waals surface area contributed by atoms with Crippen LogP contribution in [0.2, 0.25) is 0 Å². The Kier molecular flexibility index (Phi) is 22.9. The second-order valence-corrected chi connectivity index (χ2v) is 16.1. The van der Waals surface area contributed by atoms with Crippen LogP contribution < -0.4 is 0 Å². The molecule has 16 atom stereocenters. The topological polar surface area (TPSA) is 353 Å². The smallest absolute Gasteiger partial charge is 0.311 e. The first-order valence-electron chi connectivity index (χ1n) is 20.6. The Morgan fingerprint density at radius 2 is 0.875 bits per heavy atom. The van der Waals surface area contributed by atoms with E-state index in [0.717, 1.165) is 0 Å². The molecule has 0 saturated carbocycles. The Morgan fingerprint density at radius 1 is 0.500 bits per heavy atom. The van der Waals surface area contributed by atoms with Gasteiger partial charge in [0.05, 0.1) is 87.7 Å². The largest absolute Gasteiger partial charge is 0.463 e. The maximum atomic E-state index is 13.4. The van der Waals surface area contributed by atoms with Gasteiger partial charge in [0.2, 0.25) is 0 Å². The van der Waals surface area contributed by atoms with Crippen molar-refractivity contribution >= 4 is 41.8 Å². The van der Waals surface area contributed by atoms with Crippen LogP contribution in [-0.4, -0.2) is 188 Å². The number of ether oxygens (including phenoxy) is 10. The van der Waals surface area contributed by atoms with Crippen molar-refractivity contribution in [2.75, 3.05) is 13.2 Å². The zero-order chi connectivity index (χ0) is 48.6. The van der Waals surface area contributed by atoms with E-state index in [0.29, 0.717) is 0 Å². The molecule has 7 N–H and O–H groups in total. The maximum Gasteiger partial charge on any atom is 0.311 e. The zero-order valence-electron chi connectivity index (χ0n) is 36.8. The molecule has 2 saturated heterocycles. The molecule has 1 radical (unpaired) electrons. The van der Waals surface area contributed by atoms with Gasteiger partial charge < -0.3 is 83.1 Å². The monoisotopic (exact) mass is 927 g/mol. The fraction of sp³-hybridized carbons (Fsp3) is 0.800. The predicted molar refractivity (Wildman–Crippen MR) is 208 cm³/mol. The zero-order valence-corrected chi connectivity index (χ0v) is 36.8. The summed E-state index contributed by atoms with van der Waals surface area (Å²) >= 11 is 0. The molecule has 2 heterocycles. The van der Waals surface area contributed by atoms with Crippen LogP contribution in [0.4, 0.5) is 0 Å². The van der Waals surface area contributed by atoms with Crippen molar-refractivity contribution < 1.29 is 117 Å². The Labute approximate surface area is 369 Å². The molecule has 2 aliphatic rings. The Hall–Kier alpha value is -4.11. The van der Waals surface area contributed by atoms with Crippen LogP contribution in [0.15, 0.2) is 0 Å². The summed E-state index contributed by atoms with van der Waals surface area (Å²) in [7, 11) is 0. The summed E-state index contributed by atoms with van der Waals surface area (Å²) in [6.45, 7) is 10.5. The summed E-state index contributed by atoms with van der Waals surface area (Å²) in [5.74, 6) is -10.7. The van der Waals surface area contributed by atoms with Gasteiger partial charge in [-0.25, -0.2) is 0 Å². The van der Waals surface area contributed by atoms with E-state index < -0.39 is 197 Å². The van der Waals surface area contributed by atoms with Crippen molar-refractivity contribution in [3.05, 3.63) is 6.92 Å². The lowest BCUT2D eigenvalue weighted by Crippen LogP contribution is -2.63. The predicted octanol–water partition coefficient (Wildman–Crippen LogP) is -2.30. The molecule has 0 bridgehead atoms. The molecule has 0 aliphatic carbocycles. The second kappa shape index (κ2) is 26.1. The van der Waals surface area contributed by atoms with E-state index in [-0.39, 0.29) is 0 Å². The third kappa shape index (κ3) is 19.2. The molecule has 367 valence electrons. The lowest BCUT2D eigenvalue weighted by atomic mass is 9.97. The van der Waals surface area contributed by atoms with E-state index >= 15 is 0 Å². The van der Waals surface area contributed by atoms with Crippen LogP contribution in [0.1, 0.15) is 93.4 Å². The Balaban J connectivity index is 2.94. The highest BCUT2D eigenvalue weighted by Gasteiger charge is 2.64. The number of carbonyl (C=O) groups is 7. The van der Waals surface area contributed by atoms with Crippen molar-refractivity contribution in [3.63, 3.8) is 0 Å². The van der Waals surface area contributed by atoms with Crippen LogP contribution in [0, 0.1) is 6.92 Å². The van der Waals surface area contributed by atoms with E-state index in [1.165, 1.54) is 48.5 Å². The minimum absolute atomic E-state index is 0.554. The number of hydrogen-bond donors (Lipinski definition) is 7. The highest BCUT2D eigenvalue weighted by Crippen LogP contribution is 2.41. The van der Waals surface area contributed by atoms with Gasteiger partial charge >= 0.3 is 41.8 Å².